The molecule has 1 heterocycles. The van der Waals surface area contributed by atoms with Crippen LogP contribution < -0.4 is 21.4 Å². The van der Waals surface area contributed by atoms with E-state index >= 15 is 0 Å². The van der Waals surface area contributed by atoms with Gasteiger partial charge >= 0.3 is 6.03 Å². The van der Waals surface area contributed by atoms with E-state index in [4.69, 9.17) is 18.0 Å². The number of nitrogens with two attached hydrogens (primary N) is 1. The molecule has 4 amide bonds. The monoisotopic (exact) mass is 305 g/mol. The highest BCUT2D eigenvalue weighted by Gasteiger charge is 2.38. The van der Waals surface area contributed by atoms with Gasteiger partial charge in [-0.2, -0.15) is 5.10 Å². The van der Waals surface area contributed by atoms with Gasteiger partial charge in [-0.3, -0.25) is 14.5 Å². The van der Waals surface area contributed by atoms with Crippen LogP contribution in [0.3, 0.4) is 0 Å². The molecule has 1 fully saturated rings. The van der Waals surface area contributed by atoms with Crippen molar-refractivity contribution in [1.29, 1.82) is 0 Å². The lowest BCUT2D eigenvalue weighted by Gasteiger charge is -2.30. The van der Waals surface area contributed by atoms with E-state index in [0.717, 1.165) is 6.21 Å². The Morgan fingerprint density at radius 3 is 2.67 bits per heavy atom. The molecule has 1 aliphatic rings. The molecule has 0 radical (unpaired) electrons. The van der Waals surface area contributed by atoms with Crippen LogP contribution in [0.25, 0.3) is 0 Å². The van der Waals surface area contributed by atoms with Gasteiger partial charge in [0.05, 0.1) is 5.69 Å². The van der Waals surface area contributed by atoms with E-state index in [2.05, 4.69) is 10.4 Å². The van der Waals surface area contributed by atoms with Crippen molar-refractivity contribution in [3.05, 3.63) is 30.3 Å². The first-order valence-corrected chi connectivity index (χ1v) is 6.24. The molecule has 4 N–H and O–H groups in total. The highest BCUT2D eigenvalue weighted by atomic mass is 32.1. The Bertz CT molecular complexity index is 631. The highest BCUT2D eigenvalue weighted by molar-refractivity contribution is 7.80. The molecule has 1 aliphatic heterocycles. The lowest BCUT2D eigenvalue weighted by Crippen LogP contribution is -2.58. The number of nitrogens with one attached hydrogen (secondary N) is 2. The third-order valence-electron chi connectivity index (χ3n) is 2.61. The van der Waals surface area contributed by atoms with Gasteiger partial charge in [0.25, 0.3) is 5.91 Å². The molecule has 0 aliphatic carbocycles. The standard InChI is InChI=1S/C12H11N5O3S/c13-11(20)16-14-6-8-9(18)15-12(21)17(10(8)19)7-4-2-1-3-5-7/h1-6,8H,(H3,13,16,20)(H,15,18,21). The van der Waals surface area contributed by atoms with E-state index in [-0.39, 0.29) is 5.11 Å². The number of carbonyl (C=O) groups excluding carboxylic acids is 3. The number of hydrogen-bond acceptors (Lipinski definition) is 5. The van der Waals surface area contributed by atoms with Crippen LogP contribution in [0.15, 0.2) is 35.4 Å². The van der Waals surface area contributed by atoms with Crippen molar-refractivity contribution in [1.82, 2.24) is 10.7 Å². The minimum absolute atomic E-state index is 0.0105. The first kappa shape index (κ1) is 14.6. The third kappa shape index (κ3) is 3.20. The Hall–Kier alpha value is -2.81. The zero-order valence-corrected chi connectivity index (χ0v) is 11.5. The number of amides is 4. The van der Waals surface area contributed by atoms with E-state index in [0.29, 0.717) is 5.69 Å². The second-order valence-corrected chi connectivity index (χ2v) is 4.42. The molecule has 2 rings (SSSR count). The molecule has 108 valence electrons. The van der Waals surface area contributed by atoms with Crippen LogP contribution in [0.2, 0.25) is 0 Å². The first-order valence-electron chi connectivity index (χ1n) is 5.83. The quantitative estimate of drug-likeness (QED) is 0.308. The molecule has 9 heteroatoms. The summed E-state index contributed by atoms with van der Waals surface area (Å²) >= 11 is 5.01. The molecule has 1 saturated heterocycles. The van der Waals surface area contributed by atoms with Crippen LogP contribution in [0.4, 0.5) is 10.5 Å². The molecular weight excluding hydrogens is 294 g/mol. The van der Waals surface area contributed by atoms with Crippen molar-refractivity contribution in [2.24, 2.45) is 16.8 Å². The van der Waals surface area contributed by atoms with Crippen LogP contribution in [0.5, 0.6) is 0 Å². The second-order valence-electron chi connectivity index (χ2n) is 4.04. The molecule has 1 aromatic carbocycles. The van der Waals surface area contributed by atoms with Crippen LogP contribution in [0, 0.1) is 5.92 Å². The van der Waals surface area contributed by atoms with Crippen molar-refractivity contribution in [3.63, 3.8) is 0 Å². The van der Waals surface area contributed by atoms with Crippen molar-refractivity contribution < 1.29 is 14.4 Å². The first-order chi connectivity index (χ1) is 10.0. The summed E-state index contributed by atoms with van der Waals surface area (Å²) in [5, 5.41) is 5.85. The molecule has 0 spiro atoms. The second kappa shape index (κ2) is 6.09. The number of para-hydroxylation sites is 1. The zero-order valence-electron chi connectivity index (χ0n) is 10.6. The minimum Gasteiger partial charge on any atom is -0.350 e. The number of rotatable bonds is 3. The Kier molecular flexibility index (Phi) is 4.24. The summed E-state index contributed by atoms with van der Waals surface area (Å²) in [7, 11) is 0. The van der Waals surface area contributed by atoms with Crippen molar-refractivity contribution in [3.8, 4) is 0 Å². The topological polar surface area (TPSA) is 117 Å². The van der Waals surface area contributed by atoms with Gasteiger partial charge in [0.1, 0.15) is 0 Å². The maximum absolute atomic E-state index is 12.4. The predicted octanol–water partition coefficient (Wildman–Crippen LogP) is -0.295. The maximum Gasteiger partial charge on any atom is 0.332 e. The third-order valence-corrected chi connectivity index (χ3v) is 2.90. The number of primary amides is 1. The SMILES string of the molecule is NC(=O)NN=CC1C(=O)NC(=S)N(c2ccccc2)C1=O. The maximum atomic E-state index is 12.4. The van der Waals surface area contributed by atoms with Crippen molar-refractivity contribution >= 4 is 47.1 Å². The average Bonchev–Trinajstić information content (AvgIpc) is 2.43. The summed E-state index contributed by atoms with van der Waals surface area (Å²) in [5.74, 6) is -2.39. The number of anilines is 1. The van der Waals surface area contributed by atoms with Gasteiger partial charge in [0, 0.05) is 6.21 Å². The number of hydrazone groups is 1. The van der Waals surface area contributed by atoms with Crippen LogP contribution >= 0.6 is 12.2 Å². The summed E-state index contributed by atoms with van der Waals surface area (Å²) in [6.45, 7) is 0. The van der Waals surface area contributed by atoms with Crippen LogP contribution in [-0.2, 0) is 9.59 Å². The summed E-state index contributed by atoms with van der Waals surface area (Å²) < 4.78 is 0. The molecular formula is C12H11N5O3S. The smallest absolute Gasteiger partial charge is 0.332 e. The van der Waals surface area contributed by atoms with Gasteiger partial charge < -0.3 is 11.1 Å². The Morgan fingerprint density at radius 2 is 2.05 bits per heavy atom. The van der Waals surface area contributed by atoms with Crippen LogP contribution in [-0.4, -0.2) is 29.2 Å². The van der Waals surface area contributed by atoms with Gasteiger partial charge in [-0.1, -0.05) is 18.2 Å². The van der Waals surface area contributed by atoms with Crippen molar-refractivity contribution in [2.75, 3.05) is 4.90 Å². The summed E-state index contributed by atoms with van der Waals surface area (Å²) in [6.07, 6.45) is 1.00. The molecule has 1 atom stereocenters. The molecule has 0 saturated carbocycles. The number of hydrogen-bond donors (Lipinski definition) is 3. The van der Waals surface area contributed by atoms with Gasteiger partial charge in [0.2, 0.25) is 5.91 Å². The minimum atomic E-state index is -1.20. The highest BCUT2D eigenvalue weighted by Crippen LogP contribution is 2.19. The van der Waals surface area contributed by atoms with Crippen LogP contribution in [0.1, 0.15) is 0 Å². The Morgan fingerprint density at radius 1 is 1.38 bits per heavy atom. The molecule has 8 nitrogen and oxygen atoms in total. The van der Waals surface area contributed by atoms with Gasteiger partial charge in [0.15, 0.2) is 11.0 Å². The Labute approximate surface area is 125 Å². The van der Waals surface area contributed by atoms with E-state index in [1.54, 1.807) is 30.3 Å². The fourth-order valence-corrected chi connectivity index (χ4v) is 2.01. The largest absolute Gasteiger partial charge is 0.350 e. The van der Waals surface area contributed by atoms with Gasteiger partial charge in [-0.15, -0.1) is 0 Å². The number of thiocarbonyl (C=S) groups is 1. The summed E-state index contributed by atoms with van der Waals surface area (Å²) in [4.78, 5) is 35.9. The average molecular weight is 305 g/mol. The fraction of sp³-hybridized carbons (Fsp3) is 0.0833. The normalized spacial score (nSPS) is 18.8. The molecule has 1 aromatic rings. The number of nitrogens with zero attached hydrogens (tertiary/aromatic N) is 2. The fourth-order valence-electron chi connectivity index (χ4n) is 1.72. The Balaban J connectivity index is 2.26. The van der Waals surface area contributed by atoms with E-state index in [1.807, 2.05) is 5.43 Å². The molecule has 1 unspecified atom stereocenters. The number of carbonyl (C=O) groups is 3. The van der Waals surface area contributed by atoms with Crippen molar-refractivity contribution in [2.45, 2.75) is 0 Å². The lowest BCUT2D eigenvalue weighted by atomic mass is 10.1. The van der Waals surface area contributed by atoms with Gasteiger partial charge in [-0.25, -0.2) is 10.2 Å². The number of urea groups is 1. The van der Waals surface area contributed by atoms with E-state index in [9.17, 15) is 14.4 Å². The van der Waals surface area contributed by atoms with E-state index in [1.165, 1.54) is 4.90 Å². The predicted molar refractivity (Wildman–Crippen MR) is 79.4 cm³/mol. The van der Waals surface area contributed by atoms with E-state index < -0.39 is 23.8 Å². The summed E-state index contributed by atoms with van der Waals surface area (Å²) in [5.41, 5.74) is 7.28. The lowest BCUT2D eigenvalue weighted by molar-refractivity contribution is -0.130. The molecule has 0 aromatic heterocycles. The van der Waals surface area contributed by atoms with Gasteiger partial charge in [-0.05, 0) is 24.4 Å². The molecule has 21 heavy (non-hydrogen) atoms. The zero-order chi connectivity index (χ0) is 15.4. The number of benzene rings is 1. The summed E-state index contributed by atoms with van der Waals surface area (Å²) in [6, 6.07) is 7.72. The molecule has 0 bridgehead atoms.